The van der Waals surface area contributed by atoms with E-state index in [9.17, 15) is 13.2 Å². The number of carbonyl (C=O) groups excluding carboxylic acids is 1. The zero-order valence-electron chi connectivity index (χ0n) is 13.7. The van der Waals surface area contributed by atoms with Crippen molar-refractivity contribution in [1.82, 2.24) is 5.32 Å². The third-order valence-corrected chi connectivity index (χ3v) is 5.47. The molecule has 24 heavy (non-hydrogen) atoms. The summed E-state index contributed by atoms with van der Waals surface area (Å²) in [6.45, 7) is 0.0404. The Morgan fingerprint density at radius 2 is 1.96 bits per heavy atom. The highest BCUT2D eigenvalue weighted by molar-refractivity contribution is 7.90. The molecule has 1 N–H and O–H groups in total. The van der Waals surface area contributed by atoms with E-state index in [1.807, 2.05) is 18.2 Å². The van der Waals surface area contributed by atoms with E-state index >= 15 is 0 Å². The highest BCUT2D eigenvalue weighted by atomic mass is 32.2. The minimum atomic E-state index is -3.19. The van der Waals surface area contributed by atoms with Crippen LogP contribution in [0.4, 0.5) is 0 Å². The van der Waals surface area contributed by atoms with Gasteiger partial charge in [-0.2, -0.15) is 5.26 Å². The second-order valence-electron chi connectivity index (χ2n) is 6.13. The molecule has 1 amide bonds. The number of sulfone groups is 1. The van der Waals surface area contributed by atoms with E-state index in [0.29, 0.717) is 4.90 Å². The van der Waals surface area contributed by atoms with Gasteiger partial charge in [-0.1, -0.05) is 37.1 Å². The van der Waals surface area contributed by atoms with Crippen LogP contribution < -0.4 is 5.32 Å². The molecule has 1 saturated carbocycles. The first-order valence-electron chi connectivity index (χ1n) is 8.05. The van der Waals surface area contributed by atoms with Crippen LogP contribution in [0.2, 0.25) is 0 Å². The summed E-state index contributed by atoms with van der Waals surface area (Å²) in [6, 6.07) is 8.64. The molecule has 1 aromatic rings. The maximum absolute atomic E-state index is 12.2. The molecule has 5 nitrogen and oxygen atoms in total. The normalized spacial score (nSPS) is 21.3. The summed E-state index contributed by atoms with van der Waals surface area (Å²) >= 11 is 0. The minimum Gasteiger partial charge on any atom is -0.343 e. The number of rotatable bonds is 5. The van der Waals surface area contributed by atoms with E-state index in [-0.39, 0.29) is 24.3 Å². The third-order valence-electron chi connectivity index (χ3n) is 4.34. The quantitative estimate of drug-likeness (QED) is 0.830. The summed E-state index contributed by atoms with van der Waals surface area (Å²) in [5.41, 5.74) is 0.907. The minimum absolute atomic E-state index is 0.0404. The van der Waals surface area contributed by atoms with Crippen molar-refractivity contribution in [3.05, 3.63) is 35.9 Å². The Kier molecular flexibility index (Phi) is 6.16. The monoisotopic (exact) mass is 346 g/mol. The van der Waals surface area contributed by atoms with E-state index in [2.05, 4.69) is 5.32 Å². The molecule has 1 fully saturated rings. The zero-order valence-corrected chi connectivity index (χ0v) is 14.6. The number of carbonyl (C=O) groups is 1. The fourth-order valence-corrected chi connectivity index (χ4v) is 3.66. The molecule has 0 spiro atoms. The number of benzene rings is 1. The molecule has 6 heteroatoms. The molecule has 0 saturated heterocycles. The Labute approximate surface area is 143 Å². The smallest absolute Gasteiger partial charge is 0.224 e. The Bertz CT molecular complexity index is 745. The molecule has 1 aliphatic carbocycles. The summed E-state index contributed by atoms with van der Waals surface area (Å²) in [6.07, 6.45) is 9.05. The van der Waals surface area contributed by atoms with Gasteiger partial charge in [0.15, 0.2) is 9.84 Å². The second kappa shape index (κ2) is 8.11. The predicted octanol–water partition coefficient (Wildman–Crippen LogP) is 2.55. The van der Waals surface area contributed by atoms with Crippen LogP contribution >= 0.6 is 0 Å². The van der Waals surface area contributed by atoms with Crippen molar-refractivity contribution in [3.63, 3.8) is 0 Å². The molecule has 1 aliphatic rings. The molecule has 1 aromatic carbocycles. The van der Waals surface area contributed by atoms with E-state index in [0.717, 1.165) is 31.2 Å². The van der Waals surface area contributed by atoms with Gasteiger partial charge in [0.05, 0.1) is 11.0 Å². The molecular weight excluding hydrogens is 324 g/mol. The molecule has 128 valence electrons. The van der Waals surface area contributed by atoms with Gasteiger partial charge < -0.3 is 5.32 Å². The Morgan fingerprint density at radius 1 is 1.29 bits per heavy atom. The van der Waals surface area contributed by atoms with Gasteiger partial charge in [-0.05, 0) is 36.5 Å². The third kappa shape index (κ3) is 4.93. The number of nitriles is 1. The number of nitrogens with zero attached hydrogens (tertiary/aromatic N) is 1. The highest BCUT2D eigenvalue weighted by Crippen LogP contribution is 2.31. The van der Waals surface area contributed by atoms with Crippen LogP contribution in [-0.4, -0.2) is 27.1 Å². The number of allylic oxidation sites excluding steroid dienone is 1. The van der Waals surface area contributed by atoms with Crippen LogP contribution in [0.3, 0.4) is 0 Å². The lowest BCUT2D eigenvalue weighted by Crippen LogP contribution is -2.36. The first kappa shape index (κ1) is 18.2. The fraction of sp³-hybridized carbons (Fsp3) is 0.444. The summed E-state index contributed by atoms with van der Waals surface area (Å²) in [5.74, 6) is -0.0102. The van der Waals surface area contributed by atoms with Crippen molar-refractivity contribution < 1.29 is 13.2 Å². The SMILES string of the molecule is CS(=O)(=O)c1ccc(/C=C/C2CCCCC2C(=O)NCC#N)cc1. The Morgan fingerprint density at radius 3 is 2.58 bits per heavy atom. The van der Waals surface area contributed by atoms with E-state index in [1.165, 1.54) is 6.26 Å². The fourth-order valence-electron chi connectivity index (χ4n) is 3.03. The van der Waals surface area contributed by atoms with E-state index in [1.54, 1.807) is 24.3 Å². The topological polar surface area (TPSA) is 87.0 Å². The molecule has 2 unspecified atom stereocenters. The van der Waals surface area contributed by atoms with Crippen molar-refractivity contribution in [1.29, 1.82) is 5.26 Å². The van der Waals surface area contributed by atoms with Gasteiger partial charge in [0.2, 0.25) is 5.91 Å². The Balaban J connectivity index is 2.08. The maximum atomic E-state index is 12.2. The molecule has 0 aliphatic heterocycles. The van der Waals surface area contributed by atoms with Gasteiger partial charge in [-0.15, -0.1) is 0 Å². The maximum Gasteiger partial charge on any atom is 0.224 e. The number of nitrogens with one attached hydrogen (secondary N) is 1. The predicted molar refractivity (Wildman–Crippen MR) is 92.7 cm³/mol. The van der Waals surface area contributed by atoms with Gasteiger partial charge in [0, 0.05) is 12.2 Å². The van der Waals surface area contributed by atoms with Crippen LogP contribution in [0.5, 0.6) is 0 Å². The lowest BCUT2D eigenvalue weighted by Gasteiger charge is -2.28. The van der Waals surface area contributed by atoms with E-state index in [4.69, 9.17) is 5.26 Å². The molecular formula is C18H22N2O3S. The first-order valence-corrected chi connectivity index (χ1v) is 9.94. The van der Waals surface area contributed by atoms with Crippen LogP contribution in [0.25, 0.3) is 6.08 Å². The number of hydrogen-bond donors (Lipinski definition) is 1. The van der Waals surface area contributed by atoms with Gasteiger partial charge in [0.25, 0.3) is 0 Å². The molecule has 0 heterocycles. The standard InChI is InChI=1S/C18H22N2O3S/c1-24(22,23)16-10-7-14(8-11-16)6-9-15-4-2-3-5-17(15)18(21)20-13-12-19/h6-11,15,17H,2-5,13H2,1H3,(H,20,21)/b9-6+. The second-order valence-corrected chi connectivity index (χ2v) is 8.15. The molecule has 0 aromatic heterocycles. The van der Waals surface area contributed by atoms with Gasteiger partial charge in [-0.3, -0.25) is 4.79 Å². The first-order chi connectivity index (χ1) is 11.4. The Hall–Kier alpha value is -2.13. The average Bonchev–Trinajstić information content (AvgIpc) is 2.57. The van der Waals surface area contributed by atoms with Crippen molar-refractivity contribution in [2.45, 2.75) is 30.6 Å². The molecule has 2 atom stereocenters. The number of hydrogen-bond acceptors (Lipinski definition) is 4. The van der Waals surface area contributed by atoms with Crippen LogP contribution in [0.15, 0.2) is 35.2 Å². The summed E-state index contributed by atoms with van der Waals surface area (Å²) in [7, 11) is -3.19. The lowest BCUT2D eigenvalue weighted by atomic mass is 9.78. The van der Waals surface area contributed by atoms with Crippen LogP contribution in [0, 0.1) is 23.2 Å². The van der Waals surface area contributed by atoms with Crippen LogP contribution in [-0.2, 0) is 14.6 Å². The average molecular weight is 346 g/mol. The molecule has 0 radical (unpaired) electrons. The summed E-state index contributed by atoms with van der Waals surface area (Å²) in [5, 5.41) is 11.2. The van der Waals surface area contributed by atoms with Crippen molar-refractivity contribution in [2.24, 2.45) is 11.8 Å². The lowest BCUT2D eigenvalue weighted by molar-refractivity contribution is -0.126. The van der Waals surface area contributed by atoms with E-state index < -0.39 is 9.84 Å². The van der Waals surface area contributed by atoms with Gasteiger partial charge >= 0.3 is 0 Å². The van der Waals surface area contributed by atoms with Crippen LogP contribution in [0.1, 0.15) is 31.2 Å². The highest BCUT2D eigenvalue weighted by Gasteiger charge is 2.28. The van der Waals surface area contributed by atoms with Crippen molar-refractivity contribution in [2.75, 3.05) is 12.8 Å². The van der Waals surface area contributed by atoms with Crippen molar-refractivity contribution >= 4 is 21.8 Å². The van der Waals surface area contributed by atoms with Gasteiger partial charge in [0.1, 0.15) is 6.54 Å². The molecule has 2 rings (SSSR count). The molecule has 0 bridgehead atoms. The van der Waals surface area contributed by atoms with Gasteiger partial charge in [-0.25, -0.2) is 8.42 Å². The largest absolute Gasteiger partial charge is 0.343 e. The van der Waals surface area contributed by atoms with Crippen molar-refractivity contribution in [3.8, 4) is 6.07 Å². The summed E-state index contributed by atoms with van der Waals surface area (Å²) in [4.78, 5) is 12.5. The summed E-state index contributed by atoms with van der Waals surface area (Å²) < 4.78 is 22.9. The zero-order chi connectivity index (χ0) is 17.6. The number of amides is 1.